The quantitative estimate of drug-likeness (QED) is 0.636. The Hall–Kier alpha value is -3.07. The molecule has 2 aromatic heterocycles. The summed E-state index contributed by atoms with van der Waals surface area (Å²) < 4.78 is 34.2. The normalized spacial score (nSPS) is 10.9. The van der Waals surface area contributed by atoms with Crippen molar-refractivity contribution in [2.24, 2.45) is 5.73 Å². The summed E-state index contributed by atoms with van der Waals surface area (Å²) in [5.74, 6) is -2.36. The van der Waals surface area contributed by atoms with E-state index in [1.54, 1.807) is 23.8 Å². The van der Waals surface area contributed by atoms with Crippen LogP contribution in [-0.4, -0.2) is 28.0 Å². The molecule has 1 aromatic carbocycles. The van der Waals surface area contributed by atoms with Gasteiger partial charge in [-0.1, -0.05) is 0 Å². The van der Waals surface area contributed by atoms with Gasteiger partial charge in [0.1, 0.15) is 11.6 Å². The molecule has 0 saturated heterocycles. The van der Waals surface area contributed by atoms with Crippen LogP contribution >= 0.6 is 11.3 Å². The summed E-state index contributed by atoms with van der Waals surface area (Å²) in [5.41, 5.74) is 7.13. The molecule has 6 nitrogen and oxygen atoms in total. The van der Waals surface area contributed by atoms with E-state index in [-0.39, 0.29) is 29.3 Å². The van der Waals surface area contributed by atoms with E-state index >= 15 is 0 Å². The van der Waals surface area contributed by atoms with E-state index in [1.165, 1.54) is 6.07 Å². The molecule has 0 atom stereocenters. The van der Waals surface area contributed by atoms with Crippen molar-refractivity contribution in [3.63, 3.8) is 0 Å². The van der Waals surface area contributed by atoms with Crippen LogP contribution < -0.4 is 5.73 Å². The van der Waals surface area contributed by atoms with Gasteiger partial charge < -0.3 is 15.0 Å². The molecule has 146 valence electrons. The number of ether oxygens (including phenoxy) is 1. The van der Waals surface area contributed by atoms with Crippen molar-refractivity contribution in [2.75, 3.05) is 6.61 Å². The standard InChI is InChI=1S/C19H17F2N3O3S/c1-3-27-19(26)18-23-15(9-28-18)16-7-13(17(22)25)10(2)24(16)8-11-6-12(20)4-5-14(11)21/h4-7,9H,3,8H2,1-2H3,(H2,22,25). The first-order valence-electron chi connectivity index (χ1n) is 8.38. The van der Waals surface area contributed by atoms with Gasteiger partial charge in [-0.2, -0.15) is 0 Å². The zero-order valence-corrected chi connectivity index (χ0v) is 16.0. The van der Waals surface area contributed by atoms with Crippen LogP contribution in [0.15, 0.2) is 29.6 Å². The van der Waals surface area contributed by atoms with Crippen LogP contribution in [0.5, 0.6) is 0 Å². The van der Waals surface area contributed by atoms with Crippen LogP contribution in [0.25, 0.3) is 11.4 Å². The Bertz CT molecular complexity index is 1060. The molecule has 1 amide bonds. The minimum atomic E-state index is -0.655. The average molecular weight is 405 g/mol. The highest BCUT2D eigenvalue weighted by atomic mass is 32.1. The number of esters is 1. The van der Waals surface area contributed by atoms with Crippen LogP contribution in [0.2, 0.25) is 0 Å². The highest BCUT2D eigenvalue weighted by Crippen LogP contribution is 2.29. The first-order valence-corrected chi connectivity index (χ1v) is 9.26. The van der Waals surface area contributed by atoms with Gasteiger partial charge in [0, 0.05) is 16.6 Å². The lowest BCUT2D eigenvalue weighted by atomic mass is 10.2. The Morgan fingerprint density at radius 2 is 2.04 bits per heavy atom. The summed E-state index contributed by atoms with van der Waals surface area (Å²) in [4.78, 5) is 27.9. The van der Waals surface area contributed by atoms with Gasteiger partial charge in [-0.25, -0.2) is 18.6 Å². The first kappa shape index (κ1) is 19.7. The number of aromatic nitrogens is 2. The van der Waals surface area contributed by atoms with Crippen LogP contribution in [0.3, 0.4) is 0 Å². The number of hydrogen-bond donors (Lipinski definition) is 1. The molecule has 3 aromatic rings. The van der Waals surface area contributed by atoms with E-state index in [0.29, 0.717) is 17.1 Å². The molecular formula is C19H17F2N3O3S. The predicted molar refractivity (Wildman–Crippen MR) is 100 cm³/mol. The van der Waals surface area contributed by atoms with Gasteiger partial charge in [-0.15, -0.1) is 11.3 Å². The SMILES string of the molecule is CCOC(=O)c1nc(-c2cc(C(N)=O)c(C)n2Cc2cc(F)ccc2F)cs1. The second kappa shape index (κ2) is 7.89. The molecule has 3 rings (SSSR count). The van der Waals surface area contributed by atoms with E-state index in [9.17, 15) is 18.4 Å². The summed E-state index contributed by atoms with van der Waals surface area (Å²) in [6.07, 6.45) is 0. The first-order chi connectivity index (χ1) is 13.3. The van der Waals surface area contributed by atoms with Crippen molar-refractivity contribution < 1.29 is 23.1 Å². The van der Waals surface area contributed by atoms with E-state index in [2.05, 4.69) is 4.98 Å². The maximum atomic E-state index is 14.1. The number of carbonyl (C=O) groups is 2. The smallest absolute Gasteiger partial charge is 0.367 e. The molecule has 0 radical (unpaired) electrons. The monoisotopic (exact) mass is 405 g/mol. The Labute approximate surface area is 163 Å². The molecule has 9 heteroatoms. The van der Waals surface area contributed by atoms with Crippen molar-refractivity contribution in [1.29, 1.82) is 0 Å². The third-order valence-electron chi connectivity index (χ3n) is 4.18. The lowest BCUT2D eigenvalue weighted by Crippen LogP contribution is -2.13. The topological polar surface area (TPSA) is 87.2 Å². The fourth-order valence-corrected chi connectivity index (χ4v) is 3.53. The van der Waals surface area contributed by atoms with Crippen molar-refractivity contribution in [3.05, 3.63) is 63.1 Å². The van der Waals surface area contributed by atoms with Crippen LogP contribution in [-0.2, 0) is 11.3 Å². The lowest BCUT2D eigenvalue weighted by Gasteiger charge is -2.12. The zero-order valence-electron chi connectivity index (χ0n) is 15.2. The molecule has 0 aliphatic carbocycles. The minimum Gasteiger partial charge on any atom is -0.461 e. The summed E-state index contributed by atoms with van der Waals surface area (Å²) in [6.45, 7) is 3.52. The Morgan fingerprint density at radius 1 is 1.29 bits per heavy atom. The molecule has 0 fully saturated rings. The number of nitrogens with zero attached hydrogens (tertiary/aromatic N) is 2. The zero-order chi connectivity index (χ0) is 20.4. The summed E-state index contributed by atoms with van der Waals surface area (Å²) in [7, 11) is 0. The lowest BCUT2D eigenvalue weighted by molar-refractivity contribution is 0.0526. The molecule has 0 spiro atoms. The van der Waals surface area contributed by atoms with Crippen molar-refractivity contribution in [1.82, 2.24) is 9.55 Å². The van der Waals surface area contributed by atoms with Gasteiger partial charge in [0.2, 0.25) is 5.01 Å². The number of carbonyl (C=O) groups excluding carboxylic acids is 2. The van der Waals surface area contributed by atoms with Crippen LogP contribution in [0, 0.1) is 18.6 Å². The van der Waals surface area contributed by atoms with Gasteiger partial charge in [0.25, 0.3) is 5.91 Å². The Morgan fingerprint density at radius 3 is 2.71 bits per heavy atom. The molecule has 2 N–H and O–H groups in total. The largest absolute Gasteiger partial charge is 0.461 e. The van der Waals surface area contributed by atoms with E-state index < -0.39 is 23.5 Å². The molecule has 0 aliphatic rings. The molecule has 28 heavy (non-hydrogen) atoms. The Balaban J connectivity index is 2.08. The van der Waals surface area contributed by atoms with Gasteiger partial charge in [-0.3, -0.25) is 4.79 Å². The number of amides is 1. The number of primary amides is 1. The van der Waals surface area contributed by atoms with Gasteiger partial charge in [0.05, 0.1) is 30.1 Å². The molecule has 2 heterocycles. The van der Waals surface area contributed by atoms with E-state index in [1.807, 2.05) is 0 Å². The highest BCUT2D eigenvalue weighted by Gasteiger charge is 2.21. The third-order valence-corrected chi connectivity index (χ3v) is 5.01. The molecule has 0 bridgehead atoms. The molecule has 0 saturated carbocycles. The number of nitrogens with two attached hydrogens (primary N) is 1. The number of thiazole rings is 1. The van der Waals surface area contributed by atoms with E-state index in [0.717, 1.165) is 29.5 Å². The van der Waals surface area contributed by atoms with Gasteiger partial charge in [0.15, 0.2) is 0 Å². The fourth-order valence-electron chi connectivity index (χ4n) is 2.82. The van der Waals surface area contributed by atoms with E-state index in [4.69, 9.17) is 10.5 Å². The molecule has 0 aliphatic heterocycles. The number of halogens is 2. The van der Waals surface area contributed by atoms with Crippen molar-refractivity contribution in [2.45, 2.75) is 20.4 Å². The number of rotatable bonds is 6. The number of hydrogen-bond acceptors (Lipinski definition) is 5. The summed E-state index contributed by atoms with van der Waals surface area (Å²) in [6, 6.07) is 4.69. The van der Waals surface area contributed by atoms with Gasteiger partial charge in [-0.05, 0) is 38.1 Å². The minimum absolute atomic E-state index is 0.0374. The van der Waals surface area contributed by atoms with Crippen molar-refractivity contribution in [3.8, 4) is 11.4 Å². The second-order valence-electron chi connectivity index (χ2n) is 5.97. The maximum Gasteiger partial charge on any atom is 0.367 e. The van der Waals surface area contributed by atoms with Crippen molar-refractivity contribution >= 4 is 23.2 Å². The van der Waals surface area contributed by atoms with Crippen LogP contribution in [0.4, 0.5) is 8.78 Å². The predicted octanol–water partition coefficient (Wildman–Crippen LogP) is 3.52. The second-order valence-corrected chi connectivity index (χ2v) is 6.83. The Kier molecular flexibility index (Phi) is 5.55. The highest BCUT2D eigenvalue weighted by molar-refractivity contribution is 7.11. The summed E-state index contributed by atoms with van der Waals surface area (Å²) >= 11 is 1.09. The number of benzene rings is 1. The summed E-state index contributed by atoms with van der Waals surface area (Å²) in [5, 5.41) is 1.78. The van der Waals surface area contributed by atoms with Crippen LogP contribution in [0.1, 0.15) is 38.3 Å². The maximum absolute atomic E-state index is 14.1. The fraction of sp³-hybridized carbons (Fsp3) is 0.211. The average Bonchev–Trinajstić information content (AvgIpc) is 3.24. The molecule has 0 unspecified atom stereocenters. The third kappa shape index (κ3) is 3.79. The molecular weight excluding hydrogens is 388 g/mol. The van der Waals surface area contributed by atoms with Gasteiger partial charge >= 0.3 is 5.97 Å².